The second-order valence-electron chi connectivity index (χ2n) is 5.16. The molecule has 2 aromatic rings. The largest absolute Gasteiger partial charge is 0.343 e. The first-order valence-corrected chi connectivity index (χ1v) is 8.66. The van der Waals surface area contributed by atoms with Crippen molar-refractivity contribution in [3.05, 3.63) is 27.7 Å². The van der Waals surface area contributed by atoms with Gasteiger partial charge in [0, 0.05) is 30.4 Å². The Morgan fingerprint density at radius 2 is 2.10 bits per heavy atom. The Labute approximate surface area is 131 Å². The zero-order valence-electron chi connectivity index (χ0n) is 11.3. The van der Waals surface area contributed by atoms with Gasteiger partial charge in [-0.1, -0.05) is 15.9 Å². The topological polar surface area (TPSA) is 33.2 Å². The number of aryl methyl sites for hydroxylation is 1. The smallest absolute Gasteiger partial charge is 0.222 e. The number of fused-ring (bicyclic) bond motifs is 1. The highest BCUT2D eigenvalue weighted by molar-refractivity contribution is 9.10. The number of hydrogen-bond acceptors (Lipinski definition) is 3. The zero-order valence-corrected chi connectivity index (χ0v) is 13.7. The van der Waals surface area contributed by atoms with Crippen LogP contribution in [0.2, 0.25) is 0 Å². The summed E-state index contributed by atoms with van der Waals surface area (Å²) in [4.78, 5) is 18.8. The summed E-state index contributed by atoms with van der Waals surface area (Å²) in [6.07, 6.45) is 4.91. The average Bonchev–Trinajstić information content (AvgIpc) is 2.87. The summed E-state index contributed by atoms with van der Waals surface area (Å²) >= 11 is 5.15. The molecule has 1 aromatic carbocycles. The highest BCUT2D eigenvalue weighted by Gasteiger charge is 2.16. The van der Waals surface area contributed by atoms with Crippen molar-refractivity contribution in [3.63, 3.8) is 0 Å². The molecule has 0 unspecified atom stereocenters. The van der Waals surface area contributed by atoms with Crippen LogP contribution in [0, 0.1) is 0 Å². The Hall–Kier alpha value is -0.940. The number of likely N-dealkylation sites (tertiary alicyclic amines) is 1. The fraction of sp³-hybridized carbons (Fsp3) is 0.467. The lowest BCUT2D eigenvalue weighted by molar-refractivity contribution is -0.132. The molecule has 0 bridgehead atoms. The van der Waals surface area contributed by atoms with E-state index in [-0.39, 0.29) is 5.91 Å². The van der Waals surface area contributed by atoms with E-state index in [9.17, 15) is 4.79 Å². The number of halogens is 1. The van der Waals surface area contributed by atoms with E-state index >= 15 is 0 Å². The zero-order chi connectivity index (χ0) is 13.9. The van der Waals surface area contributed by atoms with Crippen LogP contribution in [0.15, 0.2) is 22.7 Å². The quantitative estimate of drug-likeness (QED) is 0.836. The van der Waals surface area contributed by atoms with Crippen molar-refractivity contribution in [3.8, 4) is 0 Å². The first-order valence-electron chi connectivity index (χ1n) is 7.05. The Morgan fingerprint density at radius 3 is 2.90 bits per heavy atom. The van der Waals surface area contributed by atoms with Crippen molar-refractivity contribution < 1.29 is 4.79 Å². The second-order valence-corrected chi connectivity index (χ2v) is 7.19. The van der Waals surface area contributed by atoms with E-state index in [1.807, 2.05) is 17.0 Å². The predicted octanol–water partition coefficient (Wildman–Crippen LogP) is 4.00. The fourth-order valence-electron chi connectivity index (χ4n) is 2.57. The summed E-state index contributed by atoms with van der Waals surface area (Å²) in [6, 6.07) is 6.14. The molecule has 1 saturated heterocycles. The average molecular weight is 353 g/mol. The van der Waals surface area contributed by atoms with E-state index in [0.717, 1.165) is 47.3 Å². The van der Waals surface area contributed by atoms with Crippen molar-refractivity contribution in [1.29, 1.82) is 0 Å². The van der Waals surface area contributed by atoms with Crippen LogP contribution in [0.5, 0.6) is 0 Å². The number of carbonyl (C=O) groups is 1. The van der Waals surface area contributed by atoms with Gasteiger partial charge in [0.2, 0.25) is 5.91 Å². The fourth-order valence-corrected chi connectivity index (χ4v) is 3.87. The van der Waals surface area contributed by atoms with E-state index in [1.54, 1.807) is 11.3 Å². The van der Waals surface area contributed by atoms with Crippen molar-refractivity contribution in [2.75, 3.05) is 13.1 Å². The van der Waals surface area contributed by atoms with Gasteiger partial charge in [-0.05, 0) is 37.5 Å². The van der Waals surface area contributed by atoms with Gasteiger partial charge in [-0.15, -0.1) is 11.3 Å². The number of hydrogen-bond donors (Lipinski definition) is 0. The van der Waals surface area contributed by atoms with Gasteiger partial charge in [-0.3, -0.25) is 4.79 Å². The monoisotopic (exact) mass is 352 g/mol. The Bertz CT molecular complexity index is 619. The van der Waals surface area contributed by atoms with Gasteiger partial charge in [-0.25, -0.2) is 4.98 Å². The number of thiazole rings is 1. The Morgan fingerprint density at radius 1 is 1.30 bits per heavy atom. The van der Waals surface area contributed by atoms with Crippen LogP contribution in [0.3, 0.4) is 0 Å². The minimum Gasteiger partial charge on any atom is -0.343 e. The summed E-state index contributed by atoms with van der Waals surface area (Å²) in [7, 11) is 0. The lowest BCUT2D eigenvalue weighted by Gasteiger charge is -2.26. The third-order valence-corrected chi connectivity index (χ3v) is 5.24. The third kappa shape index (κ3) is 3.20. The first-order chi connectivity index (χ1) is 9.72. The van der Waals surface area contributed by atoms with Crippen LogP contribution >= 0.6 is 27.3 Å². The van der Waals surface area contributed by atoms with Crippen LogP contribution in [0.1, 0.15) is 30.7 Å². The highest BCUT2D eigenvalue weighted by atomic mass is 79.9. The lowest BCUT2D eigenvalue weighted by Crippen LogP contribution is -2.35. The molecule has 3 rings (SSSR count). The number of rotatable bonds is 3. The summed E-state index contributed by atoms with van der Waals surface area (Å²) in [6.45, 7) is 1.87. The first kappa shape index (κ1) is 14.0. The number of benzene rings is 1. The molecule has 0 atom stereocenters. The van der Waals surface area contributed by atoms with E-state index in [1.165, 1.54) is 11.1 Å². The standard InChI is InChI=1S/C15H17BrN2OS/c16-11-4-5-13-12(10-11)17-14(20-13)6-7-15(19)18-8-2-1-3-9-18/h4-5,10H,1-3,6-9H2. The molecule has 0 radical (unpaired) electrons. The molecule has 2 heterocycles. The molecule has 0 N–H and O–H groups in total. The van der Waals surface area contributed by atoms with Gasteiger partial charge in [0.15, 0.2) is 0 Å². The minimum atomic E-state index is 0.283. The van der Waals surface area contributed by atoms with Crippen LogP contribution in [-0.2, 0) is 11.2 Å². The van der Waals surface area contributed by atoms with E-state index in [4.69, 9.17) is 0 Å². The maximum atomic E-state index is 12.1. The number of piperidine rings is 1. The van der Waals surface area contributed by atoms with Gasteiger partial charge in [-0.2, -0.15) is 0 Å². The van der Waals surface area contributed by atoms with Gasteiger partial charge in [0.05, 0.1) is 15.2 Å². The molecule has 106 valence electrons. The molecule has 5 heteroatoms. The lowest BCUT2D eigenvalue weighted by atomic mass is 10.1. The molecule has 0 spiro atoms. The van der Waals surface area contributed by atoms with Gasteiger partial charge in [0.1, 0.15) is 0 Å². The number of carbonyl (C=O) groups excluding carboxylic acids is 1. The highest BCUT2D eigenvalue weighted by Crippen LogP contribution is 2.26. The maximum Gasteiger partial charge on any atom is 0.222 e. The summed E-state index contributed by atoms with van der Waals surface area (Å²) < 4.78 is 2.24. The Kier molecular flexibility index (Phi) is 4.36. The van der Waals surface area contributed by atoms with Crippen molar-refractivity contribution in [2.45, 2.75) is 32.1 Å². The molecule has 1 amide bonds. The third-order valence-electron chi connectivity index (χ3n) is 3.66. The van der Waals surface area contributed by atoms with Crippen LogP contribution in [-0.4, -0.2) is 28.9 Å². The molecule has 1 fully saturated rings. The molecule has 1 aliphatic heterocycles. The molecule has 0 aliphatic carbocycles. The normalized spacial score (nSPS) is 15.8. The summed E-state index contributed by atoms with van der Waals surface area (Å²) in [5, 5.41) is 1.06. The van der Waals surface area contributed by atoms with Crippen LogP contribution in [0.25, 0.3) is 10.2 Å². The molecule has 3 nitrogen and oxygen atoms in total. The molecule has 0 saturated carbocycles. The van der Waals surface area contributed by atoms with Gasteiger partial charge >= 0.3 is 0 Å². The molecular formula is C15H17BrN2OS. The number of amides is 1. The molecule has 1 aromatic heterocycles. The van der Waals surface area contributed by atoms with Crippen LogP contribution in [0.4, 0.5) is 0 Å². The molecule has 1 aliphatic rings. The van der Waals surface area contributed by atoms with E-state index < -0.39 is 0 Å². The SMILES string of the molecule is O=C(CCc1nc2cc(Br)ccc2s1)N1CCCCC1. The summed E-state index contributed by atoms with van der Waals surface area (Å²) in [5.74, 6) is 0.283. The predicted molar refractivity (Wildman–Crippen MR) is 86.1 cm³/mol. The van der Waals surface area contributed by atoms with Gasteiger partial charge in [0.25, 0.3) is 0 Å². The summed E-state index contributed by atoms with van der Waals surface area (Å²) in [5.41, 5.74) is 1.02. The molecular weight excluding hydrogens is 336 g/mol. The number of nitrogens with zero attached hydrogens (tertiary/aromatic N) is 2. The van der Waals surface area contributed by atoms with Crippen LogP contribution < -0.4 is 0 Å². The second kappa shape index (κ2) is 6.22. The van der Waals surface area contributed by atoms with Gasteiger partial charge < -0.3 is 4.90 Å². The maximum absolute atomic E-state index is 12.1. The van der Waals surface area contributed by atoms with Crippen molar-refractivity contribution in [2.24, 2.45) is 0 Å². The van der Waals surface area contributed by atoms with Crippen molar-refractivity contribution in [1.82, 2.24) is 9.88 Å². The van der Waals surface area contributed by atoms with Crippen molar-refractivity contribution >= 4 is 43.4 Å². The molecule has 20 heavy (non-hydrogen) atoms. The number of aromatic nitrogens is 1. The van der Waals surface area contributed by atoms with E-state index in [2.05, 4.69) is 27.0 Å². The van der Waals surface area contributed by atoms with E-state index in [0.29, 0.717) is 6.42 Å². The minimum absolute atomic E-state index is 0.283. The Balaban J connectivity index is 1.63.